The molecule has 0 amide bonds. The molecule has 0 heterocycles. The molecule has 2 N–H and O–H groups in total. The Morgan fingerprint density at radius 3 is 2.38 bits per heavy atom. The van der Waals surface area contributed by atoms with Gasteiger partial charge in [0.05, 0.1) is 6.10 Å². The second kappa shape index (κ2) is 6.58. The van der Waals surface area contributed by atoms with Crippen molar-refractivity contribution in [2.45, 2.75) is 39.7 Å². The average molecular weight is 207 g/mol. The van der Waals surface area contributed by atoms with Crippen LogP contribution in [0.5, 0.6) is 0 Å². The van der Waals surface area contributed by atoms with Crippen LogP contribution in [0.4, 0.5) is 0 Å². The van der Waals surface area contributed by atoms with E-state index in [2.05, 4.69) is 0 Å². The van der Waals surface area contributed by atoms with E-state index < -0.39 is 7.37 Å². The zero-order valence-corrected chi connectivity index (χ0v) is 9.85. The molecule has 0 fully saturated rings. The molecule has 1 unspecified atom stereocenters. The summed E-state index contributed by atoms with van der Waals surface area (Å²) in [7, 11) is -2.37. The van der Waals surface area contributed by atoms with Crippen LogP contribution in [0.2, 0.25) is 0 Å². The standard InChI is InChI=1S/C9H22NO2P/c1-4-7-13(11,8-5-6-10)12-9(2)3/h9H,4-8,10H2,1-3H3. The smallest absolute Gasteiger partial charge is 0.203 e. The lowest BCUT2D eigenvalue weighted by Gasteiger charge is -2.20. The molecule has 13 heavy (non-hydrogen) atoms. The highest BCUT2D eigenvalue weighted by molar-refractivity contribution is 7.58. The fourth-order valence-corrected chi connectivity index (χ4v) is 3.82. The third-order valence-corrected chi connectivity index (χ3v) is 4.60. The SMILES string of the molecule is CCCP(=O)(CCCN)OC(C)C. The first-order valence-corrected chi connectivity index (χ1v) is 7.00. The van der Waals surface area contributed by atoms with Crippen molar-refractivity contribution >= 4 is 7.37 Å². The normalized spacial score (nSPS) is 16.1. The van der Waals surface area contributed by atoms with E-state index in [-0.39, 0.29) is 6.10 Å². The van der Waals surface area contributed by atoms with Crippen molar-refractivity contribution in [2.24, 2.45) is 5.73 Å². The number of rotatable bonds is 7. The Kier molecular flexibility index (Phi) is 6.66. The maximum absolute atomic E-state index is 12.1. The molecule has 0 aromatic carbocycles. The van der Waals surface area contributed by atoms with E-state index in [0.717, 1.165) is 12.8 Å². The van der Waals surface area contributed by atoms with Crippen LogP contribution in [0.25, 0.3) is 0 Å². The van der Waals surface area contributed by atoms with E-state index in [1.54, 1.807) is 0 Å². The average Bonchev–Trinajstić information content (AvgIpc) is 2.00. The van der Waals surface area contributed by atoms with Gasteiger partial charge >= 0.3 is 0 Å². The van der Waals surface area contributed by atoms with E-state index in [9.17, 15) is 4.57 Å². The van der Waals surface area contributed by atoms with Crippen LogP contribution in [0.1, 0.15) is 33.6 Å². The van der Waals surface area contributed by atoms with Gasteiger partial charge in [0.2, 0.25) is 7.37 Å². The number of hydrogen-bond acceptors (Lipinski definition) is 3. The molecule has 0 saturated heterocycles. The third kappa shape index (κ3) is 6.25. The zero-order chi connectivity index (χ0) is 10.3. The van der Waals surface area contributed by atoms with Gasteiger partial charge in [0.1, 0.15) is 0 Å². The summed E-state index contributed by atoms with van der Waals surface area (Å²) in [6, 6.07) is 0. The van der Waals surface area contributed by atoms with Crippen molar-refractivity contribution < 1.29 is 9.09 Å². The fourth-order valence-electron chi connectivity index (χ4n) is 1.27. The van der Waals surface area contributed by atoms with Gasteiger partial charge in [-0.3, -0.25) is 4.57 Å². The van der Waals surface area contributed by atoms with Crippen LogP contribution in [-0.4, -0.2) is 25.0 Å². The predicted molar refractivity (Wildman–Crippen MR) is 57.5 cm³/mol. The molecule has 3 nitrogen and oxygen atoms in total. The highest BCUT2D eigenvalue weighted by Gasteiger charge is 2.22. The molecule has 0 aliphatic heterocycles. The molecule has 0 spiro atoms. The van der Waals surface area contributed by atoms with Crippen molar-refractivity contribution in [3.63, 3.8) is 0 Å². The van der Waals surface area contributed by atoms with Crippen LogP contribution in [0.3, 0.4) is 0 Å². The number of nitrogens with two attached hydrogens (primary N) is 1. The summed E-state index contributed by atoms with van der Waals surface area (Å²) in [6.07, 6.45) is 3.08. The minimum atomic E-state index is -2.37. The molecular formula is C9H22NO2P. The molecule has 4 heteroatoms. The maximum atomic E-state index is 12.1. The third-order valence-electron chi connectivity index (χ3n) is 1.67. The van der Waals surface area contributed by atoms with E-state index in [1.807, 2.05) is 20.8 Å². The minimum absolute atomic E-state index is 0.0511. The largest absolute Gasteiger partial charge is 0.330 e. The lowest BCUT2D eigenvalue weighted by Crippen LogP contribution is -2.09. The van der Waals surface area contributed by atoms with E-state index in [4.69, 9.17) is 10.3 Å². The van der Waals surface area contributed by atoms with Gasteiger partial charge in [0, 0.05) is 12.3 Å². The van der Waals surface area contributed by atoms with Gasteiger partial charge in [-0.1, -0.05) is 6.92 Å². The van der Waals surface area contributed by atoms with Gasteiger partial charge in [-0.25, -0.2) is 0 Å². The Bertz CT molecular complexity index is 171. The molecule has 0 aliphatic carbocycles. The fraction of sp³-hybridized carbons (Fsp3) is 1.00. The summed E-state index contributed by atoms with van der Waals surface area (Å²) < 4.78 is 17.6. The van der Waals surface area contributed by atoms with E-state index in [0.29, 0.717) is 18.9 Å². The Hall–Kier alpha value is 0.150. The second-order valence-electron chi connectivity index (χ2n) is 3.56. The van der Waals surface area contributed by atoms with Crippen LogP contribution in [-0.2, 0) is 9.09 Å². The van der Waals surface area contributed by atoms with E-state index in [1.165, 1.54) is 0 Å². The first-order valence-electron chi connectivity index (χ1n) is 5.00. The van der Waals surface area contributed by atoms with Crippen LogP contribution >= 0.6 is 7.37 Å². The Balaban J connectivity index is 4.08. The maximum Gasteiger partial charge on any atom is 0.203 e. The van der Waals surface area contributed by atoms with E-state index >= 15 is 0 Å². The first-order chi connectivity index (χ1) is 6.04. The van der Waals surface area contributed by atoms with Gasteiger partial charge in [-0.2, -0.15) is 0 Å². The second-order valence-corrected chi connectivity index (χ2v) is 6.29. The molecule has 0 aromatic heterocycles. The van der Waals surface area contributed by atoms with Crippen molar-refractivity contribution in [1.82, 2.24) is 0 Å². The Morgan fingerprint density at radius 2 is 2.00 bits per heavy atom. The highest BCUT2D eigenvalue weighted by Crippen LogP contribution is 2.48. The molecule has 0 bridgehead atoms. The van der Waals surface area contributed by atoms with Crippen molar-refractivity contribution in [2.75, 3.05) is 18.9 Å². The molecule has 0 aromatic rings. The quantitative estimate of drug-likeness (QED) is 0.652. The van der Waals surface area contributed by atoms with Gasteiger partial charge in [0.15, 0.2) is 0 Å². The summed E-state index contributed by atoms with van der Waals surface area (Å²) in [5.74, 6) is 0. The van der Waals surface area contributed by atoms with Crippen molar-refractivity contribution in [3.05, 3.63) is 0 Å². The lowest BCUT2D eigenvalue weighted by atomic mass is 10.5. The zero-order valence-electron chi connectivity index (χ0n) is 8.95. The van der Waals surface area contributed by atoms with Crippen LogP contribution in [0, 0.1) is 0 Å². The van der Waals surface area contributed by atoms with Gasteiger partial charge in [0.25, 0.3) is 0 Å². The Morgan fingerprint density at radius 1 is 1.38 bits per heavy atom. The molecule has 0 saturated carbocycles. The van der Waals surface area contributed by atoms with Crippen LogP contribution in [0.15, 0.2) is 0 Å². The summed E-state index contributed by atoms with van der Waals surface area (Å²) in [4.78, 5) is 0. The molecule has 80 valence electrons. The Labute approximate surface area is 81.5 Å². The number of hydrogen-bond donors (Lipinski definition) is 1. The minimum Gasteiger partial charge on any atom is -0.330 e. The molecular weight excluding hydrogens is 185 g/mol. The monoisotopic (exact) mass is 207 g/mol. The highest BCUT2D eigenvalue weighted by atomic mass is 31.2. The summed E-state index contributed by atoms with van der Waals surface area (Å²) in [5.41, 5.74) is 5.39. The molecule has 0 rings (SSSR count). The van der Waals surface area contributed by atoms with Crippen molar-refractivity contribution in [1.29, 1.82) is 0 Å². The van der Waals surface area contributed by atoms with Gasteiger partial charge < -0.3 is 10.3 Å². The molecule has 0 aliphatic rings. The molecule has 0 radical (unpaired) electrons. The lowest BCUT2D eigenvalue weighted by molar-refractivity contribution is 0.243. The summed E-state index contributed by atoms with van der Waals surface area (Å²) in [5, 5.41) is 0. The summed E-state index contributed by atoms with van der Waals surface area (Å²) in [6.45, 7) is 6.46. The van der Waals surface area contributed by atoms with Crippen LogP contribution < -0.4 is 5.73 Å². The van der Waals surface area contributed by atoms with Gasteiger partial charge in [-0.15, -0.1) is 0 Å². The van der Waals surface area contributed by atoms with Gasteiger partial charge in [-0.05, 0) is 33.2 Å². The topological polar surface area (TPSA) is 52.3 Å². The molecule has 1 atom stereocenters. The predicted octanol–water partition coefficient (Wildman–Crippen LogP) is 2.45. The summed E-state index contributed by atoms with van der Waals surface area (Å²) >= 11 is 0. The first kappa shape index (κ1) is 13.2. The van der Waals surface area contributed by atoms with Crippen molar-refractivity contribution in [3.8, 4) is 0 Å².